The van der Waals surface area contributed by atoms with Gasteiger partial charge in [-0.25, -0.2) is 0 Å². The van der Waals surface area contributed by atoms with E-state index in [1.165, 1.54) is 25.7 Å². The predicted molar refractivity (Wildman–Crippen MR) is 78.5 cm³/mol. The summed E-state index contributed by atoms with van der Waals surface area (Å²) in [5.41, 5.74) is 0. The maximum absolute atomic E-state index is 12.5. The van der Waals surface area contributed by atoms with Crippen molar-refractivity contribution in [3.05, 3.63) is 0 Å². The minimum atomic E-state index is -3.28. The molecule has 1 heterocycles. The average Bonchev–Trinajstić information content (AvgIpc) is 2.91. The number of nitrogens with zero attached hydrogens (tertiary/aromatic N) is 2. The predicted octanol–water partition coefficient (Wildman–Crippen LogP) is 2.30. The molecule has 2 rings (SSSR count). The van der Waals surface area contributed by atoms with Gasteiger partial charge in [-0.1, -0.05) is 12.8 Å². The Morgan fingerprint density at radius 3 is 2.42 bits per heavy atom. The van der Waals surface area contributed by atoms with Gasteiger partial charge >= 0.3 is 0 Å². The molecule has 0 aromatic heterocycles. The lowest BCUT2D eigenvalue weighted by atomic mass is 10.0. The first-order valence-electron chi connectivity index (χ1n) is 7.31. The molecule has 0 aromatic carbocycles. The minimum absolute atomic E-state index is 0.310. The molecular weight excluding hydrogens is 284 g/mol. The van der Waals surface area contributed by atoms with E-state index in [4.69, 9.17) is 11.6 Å². The third kappa shape index (κ3) is 3.84. The SMILES string of the molecule is CN(CC1CCCC1)S(=O)(=O)N1CCCC(CCl)C1. The highest BCUT2D eigenvalue weighted by atomic mass is 35.5. The molecule has 0 bridgehead atoms. The number of alkyl halides is 1. The lowest BCUT2D eigenvalue weighted by molar-refractivity contribution is 0.259. The van der Waals surface area contributed by atoms with Crippen LogP contribution in [-0.2, 0) is 10.2 Å². The van der Waals surface area contributed by atoms with Gasteiger partial charge in [0.05, 0.1) is 0 Å². The van der Waals surface area contributed by atoms with Gasteiger partial charge in [-0.2, -0.15) is 17.0 Å². The van der Waals surface area contributed by atoms with Crippen LogP contribution in [-0.4, -0.2) is 49.6 Å². The standard InChI is InChI=1S/C13H25ClN2O2S/c1-15(10-12-5-2-3-6-12)19(17,18)16-8-4-7-13(9-14)11-16/h12-13H,2-11H2,1H3. The van der Waals surface area contributed by atoms with E-state index in [-0.39, 0.29) is 0 Å². The van der Waals surface area contributed by atoms with Crippen LogP contribution in [0.5, 0.6) is 0 Å². The van der Waals surface area contributed by atoms with Gasteiger partial charge in [0, 0.05) is 32.6 Å². The molecule has 19 heavy (non-hydrogen) atoms. The molecule has 2 aliphatic rings. The van der Waals surface area contributed by atoms with Crippen molar-refractivity contribution in [1.29, 1.82) is 0 Å². The smallest absolute Gasteiger partial charge is 0.195 e. The Labute approximate surface area is 122 Å². The van der Waals surface area contributed by atoms with Crippen molar-refractivity contribution in [3.8, 4) is 0 Å². The monoisotopic (exact) mass is 308 g/mol. The number of piperidine rings is 1. The van der Waals surface area contributed by atoms with E-state index in [0.717, 1.165) is 12.8 Å². The van der Waals surface area contributed by atoms with Crippen LogP contribution in [0.25, 0.3) is 0 Å². The van der Waals surface area contributed by atoms with Crippen molar-refractivity contribution in [2.45, 2.75) is 38.5 Å². The van der Waals surface area contributed by atoms with Crippen molar-refractivity contribution in [2.24, 2.45) is 11.8 Å². The number of hydrogen-bond donors (Lipinski definition) is 0. The highest BCUT2D eigenvalue weighted by Gasteiger charge is 2.32. The van der Waals surface area contributed by atoms with Crippen LogP contribution in [0.2, 0.25) is 0 Å². The van der Waals surface area contributed by atoms with E-state index in [9.17, 15) is 8.42 Å². The molecule has 6 heteroatoms. The Balaban J connectivity index is 1.95. The Morgan fingerprint density at radius 1 is 1.16 bits per heavy atom. The third-order valence-corrected chi connectivity index (χ3v) is 6.77. The van der Waals surface area contributed by atoms with Gasteiger partial charge < -0.3 is 0 Å². The molecule has 1 saturated carbocycles. The van der Waals surface area contributed by atoms with Crippen LogP contribution in [0.4, 0.5) is 0 Å². The summed E-state index contributed by atoms with van der Waals surface area (Å²) in [5.74, 6) is 1.41. The zero-order valence-corrected chi connectivity index (χ0v) is 13.3. The quantitative estimate of drug-likeness (QED) is 0.731. The van der Waals surface area contributed by atoms with Crippen molar-refractivity contribution in [1.82, 2.24) is 8.61 Å². The van der Waals surface area contributed by atoms with Crippen LogP contribution in [0.1, 0.15) is 38.5 Å². The van der Waals surface area contributed by atoms with Crippen LogP contribution >= 0.6 is 11.6 Å². The van der Waals surface area contributed by atoms with Gasteiger partial charge in [-0.15, -0.1) is 11.6 Å². The second kappa shape index (κ2) is 6.74. The first-order chi connectivity index (χ1) is 9.04. The van der Waals surface area contributed by atoms with Crippen LogP contribution < -0.4 is 0 Å². The molecule has 112 valence electrons. The van der Waals surface area contributed by atoms with E-state index in [0.29, 0.717) is 37.4 Å². The maximum Gasteiger partial charge on any atom is 0.281 e. The van der Waals surface area contributed by atoms with Gasteiger partial charge in [0.15, 0.2) is 0 Å². The first kappa shape index (κ1) is 15.5. The van der Waals surface area contributed by atoms with E-state index >= 15 is 0 Å². The molecule has 0 radical (unpaired) electrons. The van der Waals surface area contributed by atoms with Crippen molar-refractivity contribution in [3.63, 3.8) is 0 Å². The maximum atomic E-state index is 12.5. The van der Waals surface area contributed by atoms with Crippen LogP contribution in [0, 0.1) is 11.8 Å². The Kier molecular flexibility index (Phi) is 5.52. The fourth-order valence-corrected chi connectivity index (χ4v) is 5.01. The second-order valence-electron chi connectivity index (χ2n) is 5.96. The minimum Gasteiger partial charge on any atom is -0.195 e. The number of halogens is 1. The highest BCUT2D eigenvalue weighted by Crippen LogP contribution is 2.27. The summed E-state index contributed by atoms with van der Waals surface area (Å²) in [7, 11) is -1.56. The molecule has 0 N–H and O–H groups in total. The molecule has 0 spiro atoms. The Bertz CT molecular complexity index is 382. The van der Waals surface area contributed by atoms with Gasteiger partial charge in [-0.3, -0.25) is 0 Å². The van der Waals surface area contributed by atoms with Crippen LogP contribution in [0.15, 0.2) is 0 Å². The van der Waals surface area contributed by atoms with E-state index in [2.05, 4.69) is 0 Å². The molecule has 1 aliphatic heterocycles. The summed E-state index contributed by atoms with van der Waals surface area (Å²) < 4.78 is 28.3. The van der Waals surface area contributed by atoms with Gasteiger partial charge in [-0.05, 0) is 37.5 Å². The molecule has 0 amide bonds. The summed E-state index contributed by atoms with van der Waals surface area (Å²) >= 11 is 5.88. The fourth-order valence-electron chi connectivity index (χ4n) is 3.21. The molecule has 1 atom stereocenters. The lowest BCUT2D eigenvalue weighted by Crippen LogP contribution is -2.47. The van der Waals surface area contributed by atoms with Crippen molar-refractivity contribution >= 4 is 21.8 Å². The molecule has 1 aliphatic carbocycles. The Hall–Kier alpha value is 0.160. The first-order valence-corrected chi connectivity index (χ1v) is 9.24. The summed E-state index contributed by atoms with van der Waals surface area (Å²) in [6.07, 6.45) is 6.80. The van der Waals surface area contributed by atoms with E-state index in [1.807, 2.05) is 0 Å². The molecular formula is C13H25ClN2O2S. The van der Waals surface area contributed by atoms with Gasteiger partial charge in [0.25, 0.3) is 10.2 Å². The highest BCUT2D eigenvalue weighted by molar-refractivity contribution is 7.86. The van der Waals surface area contributed by atoms with Gasteiger partial charge in [0.2, 0.25) is 0 Å². The van der Waals surface area contributed by atoms with E-state index < -0.39 is 10.2 Å². The summed E-state index contributed by atoms with van der Waals surface area (Å²) in [5, 5.41) is 0. The van der Waals surface area contributed by atoms with Crippen LogP contribution in [0.3, 0.4) is 0 Å². The third-order valence-electron chi connectivity index (χ3n) is 4.41. The summed E-state index contributed by atoms with van der Waals surface area (Å²) in [6.45, 7) is 1.90. The normalized spacial score (nSPS) is 27.2. The summed E-state index contributed by atoms with van der Waals surface area (Å²) in [6, 6.07) is 0. The number of hydrogen-bond acceptors (Lipinski definition) is 2. The summed E-state index contributed by atoms with van der Waals surface area (Å²) in [4.78, 5) is 0. The molecule has 0 aromatic rings. The zero-order valence-electron chi connectivity index (χ0n) is 11.7. The lowest BCUT2D eigenvalue weighted by Gasteiger charge is -2.34. The topological polar surface area (TPSA) is 40.6 Å². The van der Waals surface area contributed by atoms with Crippen molar-refractivity contribution < 1.29 is 8.42 Å². The molecule has 1 unspecified atom stereocenters. The number of rotatable bonds is 5. The molecule has 1 saturated heterocycles. The largest absolute Gasteiger partial charge is 0.281 e. The zero-order chi connectivity index (χ0) is 13.9. The average molecular weight is 309 g/mol. The Morgan fingerprint density at radius 2 is 1.79 bits per heavy atom. The van der Waals surface area contributed by atoms with Gasteiger partial charge in [0.1, 0.15) is 0 Å². The van der Waals surface area contributed by atoms with Crippen molar-refractivity contribution in [2.75, 3.05) is 32.6 Å². The van der Waals surface area contributed by atoms with E-state index in [1.54, 1.807) is 15.7 Å². The second-order valence-corrected chi connectivity index (χ2v) is 8.30. The molecule has 4 nitrogen and oxygen atoms in total. The fraction of sp³-hybridized carbons (Fsp3) is 1.00. The molecule has 2 fully saturated rings.